The molecule has 8 heteroatoms. The van der Waals surface area contributed by atoms with E-state index in [1.54, 1.807) is 0 Å². The maximum absolute atomic E-state index is 12.6. The maximum atomic E-state index is 12.6. The van der Waals surface area contributed by atoms with E-state index in [1.807, 2.05) is 6.92 Å². The van der Waals surface area contributed by atoms with E-state index in [0.717, 1.165) is 4.57 Å². The van der Waals surface area contributed by atoms with Crippen LogP contribution in [0.4, 0.5) is 8.78 Å². The van der Waals surface area contributed by atoms with Gasteiger partial charge in [-0.25, -0.2) is 13.3 Å². The zero-order chi connectivity index (χ0) is 14.0. The van der Waals surface area contributed by atoms with E-state index < -0.39 is 18.5 Å². The Morgan fingerprint density at radius 1 is 1.53 bits per heavy atom. The number of rotatable bonds is 5. The van der Waals surface area contributed by atoms with E-state index in [-0.39, 0.29) is 22.9 Å². The molecule has 0 radical (unpaired) electrons. The molecule has 0 atom stereocenters. The van der Waals surface area contributed by atoms with Crippen LogP contribution in [-0.2, 0) is 13.1 Å². The molecule has 2 rings (SSSR count). The van der Waals surface area contributed by atoms with Crippen molar-refractivity contribution in [2.45, 2.75) is 26.4 Å². The predicted molar refractivity (Wildman–Crippen MR) is 67.8 cm³/mol. The van der Waals surface area contributed by atoms with Gasteiger partial charge < -0.3 is 5.32 Å². The maximum Gasteiger partial charge on any atom is 0.279 e. The lowest BCUT2D eigenvalue weighted by molar-refractivity contribution is 0.123. The molecule has 2 aromatic heterocycles. The van der Waals surface area contributed by atoms with Crippen molar-refractivity contribution in [1.29, 1.82) is 0 Å². The van der Waals surface area contributed by atoms with Crippen LogP contribution in [0, 0.1) is 0 Å². The van der Waals surface area contributed by atoms with Crippen molar-refractivity contribution in [1.82, 2.24) is 19.5 Å². The zero-order valence-electron chi connectivity index (χ0n) is 10.2. The minimum Gasteiger partial charge on any atom is -0.310 e. The molecule has 104 valence electrons. The van der Waals surface area contributed by atoms with E-state index >= 15 is 0 Å². The van der Waals surface area contributed by atoms with Gasteiger partial charge in [0.05, 0.1) is 18.1 Å². The van der Waals surface area contributed by atoms with E-state index in [1.165, 1.54) is 16.8 Å². The summed E-state index contributed by atoms with van der Waals surface area (Å²) in [6.45, 7) is 2.07. The van der Waals surface area contributed by atoms with Crippen LogP contribution in [0.5, 0.6) is 0 Å². The molecule has 0 spiro atoms. The molecule has 1 N–H and O–H groups in total. The summed E-state index contributed by atoms with van der Waals surface area (Å²) >= 11 is 5.87. The van der Waals surface area contributed by atoms with Crippen LogP contribution in [-0.4, -0.2) is 27.2 Å². The summed E-state index contributed by atoms with van der Waals surface area (Å²) in [5.74, 6) is 0.256. The Morgan fingerprint density at radius 3 is 2.89 bits per heavy atom. The number of hydrogen-bond acceptors (Lipinski definition) is 3. The minimum atomic E-state index is -2.63. The Hall–Kier alpha value is -1.47. The van der Waals surface area contributed by atoms with E-state index in [0.29, 0.717) is 6.54 Å². The molecule has 0 fully saturated rings. The third-order valence-corrected chi connectivity index (χ3v) is 2.96. The highest BCUT2D eigenvalue weighted by atomic mass is 35.5. The number of nitrogens with zero attached hydrogens (tertiary/aromatic N) is 3. The van der Waals surface area contributed by atoms with Gasteiger partial charge in [-0.2, -0.15) is 5.10 Å². The number of nitrogens with one attached hydrogen (secondary N) is 1. The zero-order valence-corrected chi connectivity index (χ0v) is 11.0. The highest BCUT2D eigenvalue weighted by Gasteiger charge is 2.16. The summed E-state index contributed by atoms with van der Waals surface area (Å²) < 4.78 is 27.4. The topological polar surface area (TPSA) is 51.3 Å². The lowest BCUT2D eigenvalue weighted by Crippen LogP contribution is -2.32. The first kappa shape index (κ1) is 14.0. The molecule has 0 saturated carbocycles. The van der Waals surface area contributed by atoms with Crippen LogP contribution in [0.2, 0.25) is 5.02 Å². The van der Waals surface area contributed by atoms with Gasteiger partial charge in [-0.3, -0.25) is 9.36 Å². The Balaban J connectivity index is 2.60. The molecule has 2 aromatic rings. The van der Waals surface area contributed by atoms with E-state index in [4.69, 9.17) is 11.6 Å². The van der Waals surface area contributed by atoms with Gasteiger partial charge in [0.1, 0.15) is 11.3 Å². The number of fused-ring (bicyclic) bond motifs is 1. The number of alkyl halides is 2. The molecule has 0 bridgehead atoms. The number of hydrogen-bond donors (Lipinski definition) is 1. The SMILES string of the molecule is CCNCc1nn2ccc(Cl)c2c(=O)n1CC(F)F. The lowest BCUT2D eigenvalue weighted by atomic mass is 10.4. The highest BCUT2D eigenvalue weighted by Crippen LogP contribution is 2.14. The minimum absolute atomic E-state index is 0.113. The molecule has 0 aliphatic heterocycles. The monoisotopic (exact) mass is 290 g/mol. The predicted octanol–water partition coefficient (Wildman–Crippen LogP) is 1.52. The summed E-state index contributed by atoms with van der Waals surface area (Å²) in [6, 6.07) is 1.51. The van der Waals surface area contributed by atoms with Crippen LogP contribution in [0.15, 0.2) is 17.1 Å². The first-order valence-corrected chi connectivity index (χ1v) is 6.17. The van der Waals surface area contributed by atoms with Crippen molar-refractivity contribution in [2.75, 3.05) is 6.54 Å². The second-order valence-electron chi connectivity index (χ2n) is 3.96. The fraction of sp³-hybridized carbons (Fsp3) is 0.455. The molecular weight excluding hydrogens is 278 g/mol. The van der Waals surface area contributed by atoms with Gasteiger partial charge in [0.15, 0.2) is 0 Å². The van der Waals surface area contributed by atoms with Gasteiger partial charge in [-0.1, -0.05) is 18.5 Å². The molecule has 2 heterocycles. The first-order chi connectivity index (χ1) is 9.04. The van der Waals surface area contributed by atoms with Gasteiger partial charge >= 0.3 is 0 Å². The van der Waals surface area contributed by atoms with E-state index in [2.05, 4.69) is 10.4 Å². The lowest BCUT2D eigenvalue weighted by Gasteiger charge is -2.12. The first-order valence-electron chi connectivity index (χ1n) is 5.80. The van der Waals surface area contributed by atoms with Crippen molar-refractivity contribution < 1.29 is 8.78 Å². The van der Waals surface area contributed by atoms with Gasteiger partial charge in [0.25, 0.3) is 12.0 Å². The Morgan fingerprint density at radius 2 is 2.26 bits per heavy atom. The van der Waals surface area contributed by atoms with Gasteiger partial charge in [0, 0.05) is 6.20 Å². The fourth-order valence-electron chi connectivity index (χ4n) is 1.80. The molecule has 0 amide bonds. The molecule has 5 nitrogen and oxygen atoms in total. The molecule has 19 heavy (non-hydrogen) atoms. The summed E-state index contributed by atoms with van der Waals surface area (Å²) in [6.07, 6.45) is -1.10. The fourth-order valence-corrected chi connectivity index (χ4v) is 2.02. The Labute approximate surface area is 112 Å². The highest BCUT2D eigenvalue weighted by molar-refractivity contribution is 6.33. The second-order valence-corrected chi connectivity index (χ2v) is 4.37. The summed E-state index contributed by atoms with van der Waals surface area (Å²) in [4.78, 5) is 12.2. The van der Waals surface area contributed by atoms with Crippen LogP contribution in [0.25, 0.3) is 5.52 Å². The smallest absolute Gasteiger partial charge is 0.279 e. The largest absolute Gasteiger partial charge is 0.310 e. The molecule has 0 saturated heterocycles. The molecule has 0 unspecified atom stereocenters. The summed E-state index contributed by atoms with van der Waals surface area (Å²) in [5, 5.41) is 7.31. The van der Waals surface area contributed by atoms with Gasteiger partial charge in [0.2, 0.25) is 0 Å². The average molecular weight is 291 g/mol. The van der Waals surface area contributed by atoms with Crippen molar-refractivity contribution in [3.8, 4) is 0 Å². The van der Waals surface area contributed by atoms with Crippen molar-refractivity contribution >= 4 is 17.1 Å². The van der Waals surface area contributed by atoms with Crippen molar-refractivity contribution in [2.24, 2.45) is 0 Å². The quantitative estimate of drug-likeness (QED) is 0.908. The van der Waals surface area contributed by atoms with Crippen LogP contribution >= 0.6 is 11.6 Å². The average Bonchev–Trinajstić information content (AvgIpc) is 2.72. The molecular formula is C11H13ClF2N4O. The number of halogens is 3. The second kappa shape index (κ2) is 5.66. The Kier molecular flexibility index (Phi) is 4.16. The normalized spacial score (nSPS) is 11.6. The summed E-state index contributed by atoms with van der Waals surface area (Å²) in [5.41, 5.74) is -0.444. The molecule has 0 aromatic carbocycles. The van der Waals surface area contributed by atoms with Crippen LogP contribution < -0.4 is 10.9 Å². The molecule has 0 aliphatic carbocycles. The summed E-state index contributed by atoms with van der Waals surface area (Å²) in [7, 11) is 0. The number of aromatic nitrogens is 3. The third kappa shape index (κ3) is 2.76. The Bertz CT molecular complexity index is 637. The van der Waals surface area contributed by atoms with Crippen LogP contribution in [0.1, 0.15) is 12.7 Å². The van der Waals surface area contributed by atoms with Crippen molar-refractivity contribution in [3.05, 3.63) is 33.5 Å². The van der Waals surface area contributed by atoms with Crippen LogP contribution in [0.3, 0.4) is 0 Å². The van der Waals surface area contributed by atoms with Gasteiger partial charge in [-0.15, -0.1) is 0 Å². The van der Waals surface area contributed by atoms with Crippen molar-refractivity contribution in [3.63, 3.8) is 0 Å². The van der Waals surface area contributed by atoms with Gasteiger partial charge in [-0.05, 0) is 12.6 Å². The van der Waals surface area contributed by atoms with E-state index in [9.17, 15) is 13.6 Å². The molecule has 0 aliphatic rings. The standard InChI is InChI=1S/C11H13ClF2N4O/c1-2-15-5-9-16-18-4-3-7(12)10(18)11(19)17(9)6-8(13)14/h3-4,8,15H,2,5-6H2,1H3. The third-order valence-electron chi connectivity index (χ3n) is 2.65.